The highest BCUT2D eigenvalue weighted by atomic mass is 32.1. The number of hydrogen-bond donors (Lipinski definition) is 0. The van der Waals surface area contributed by atoms with E-state index in [2.05, 4.69) is 137 Å². The lowest BCUT2D eigenvalue weighted by Crippen LogP contribution is -1.95. The Hall–Kier alpha value is -5.32. The lowest BCUT2D eigenvalue weighted by atomic mass is 10.1. The standard InChI is InChI=1S/C38H22N2OS/c1-5-13-31-25(9-1)26-10-2-6-14-32(26)39(31)23-17-19-34-29(21-23)27-11-3-7-15-33(27)40(34)24-18-20-36-30(22-24)37-28-12-4-8-16-35(28)41-38(37)42-36/h1-22H. The summed E-state index contributed by atoms with van der Waals surface area (Å²) in [5.41, 5.74) is 8.12. The Morgan fingerprint density at radius 3 is 1.60 bits per heavy atom. The van der Waals surface area contributed by atoms with Gasteiger partial charge in [-0.1, -0.05) is 84.1 Å². The maximum Gasteiger partial charge on any atom is 0.190 e. The van der Waals surface area contributed by atoms with E-state index in [4.69, 9.17) is 4.42 Å². The molecule has 4 heteroatoms. The number of nitrogens with zero attached hydrogens (tertiary/aromatic N) is 2. The van der Waals surface area contributed by atoms with Crippen LogP contribution in [0.2, 0.25) is 0 Å². The summed E-state index contributed by atoms with van der Waals surface area (Å²) in [4.78, 5) is 0.987. The second-order valence-electron chi connectivity index (χ2n) is 11.0. The molecule has 196 valence electrons. The molecule has 3 nitrogen and oxygen atoms in total. The van der Waals surface area contributed by atoms with E-state index in [1.807, 2.05) is 6.07 Å². The van der Waals surface area contributed by atoms with Crippen molar-refractivity contribution in [3.8, 4) is 11.4 Å². The Labute approximate surface area is 244 Å². The first-order valence-electron chi connectivity index (χ1n) is 14.2. The van der Waals surface area contributed by atoms with Crippen LogP contribution in [0.5, 0.6) is 0 Å². The highest BCUT2D eigenvalue weighted by Gasteiger charge is 2.18. The van der Waals surface area contributed by atoms with Crippen LogP contribution in [0.25, 0.3) is 86.3 Å². The largest absolute Gasteiger partial charge is 0.445 e. The van der Waals surface area contributed by atoms with Gasteiger partial charge < -0.3 is 13.6 Å². The third kappa shape index (κ3) is 2.89. The van der Waals surface area contributed by atoms with Gasteiger partial charge in [0.15, 0.2) is 4.90 Å². The molecule has 10 rings (SSSR count). The molecular weight excluding hydrogens is 532 g/mol. The van der Waals surface area contributed by atoms with Crippen LogP contribution < -0.4 is 0 Å². The summed E-state index contributed by atoms with van der Waals surface area (Å²) >= 11 is 1.72. The van der Waals surface area contributed by atoms with Crippen LogP contribution in [0.4, 0.5) is 0 Å². The van der Waals surface area contributed by atoms with E-state index in [1.165, 1.54) is 70.2 Å². The van der Waals surface area contributed by atoms with Crippen LogP contribution in [0.15, 0.2) is 138 Å². The lowest BCUT2D eigenvalue weighted by molar-refractivity contribution is 0.678. The first-order valence-corrected chi connectivity index (χ1v) is 15.0. The van der Waals surface area contributed by atoms with Gasteiger partial charge in [0.05, 0.1) is 22.1 Å². The van der Waals surface area contributed by atoms with E-state index < -0.39 is 0 Å². The van der Waals surface area contributed by atoms with Gasteiger partial charge in [-0.3, -0.25) is 0 Å². The van der Waals surface area contributed by atoms with Crippen molar-refractivity contribution >= 4 is 86.3 Å². The van der Waals surface area contributed by atoms with Crippen LogP contribution in [-0.4, -0.2) is 9.13 Å². The van der Waals surface area contributed by atoms with Crippen LogP contribution in [0.3, 0.4) is 0 Å². The van der Waals surface area contributed by atoms with Gasteiger partial charge >= 0.3 is 0 Å². The monoisotopic (exact) mass is 554 g/mol. The van der Waals surface area contributed by atoms with Crippen molar-refractivity contribution in [2.45, 2.75) is 0 Å². The average Bonchev–Trinajstić information content (AvgIpc) is 3.77. The van der Waals surface area contributed by atoms with Crippen molar-refractivity contribution in [1.29, 1.82) is 0 Å². The molecule has 0 saturated heterocycles. The van der Waals surface area contributed by atoms with E-state index >= 15 is 0 Å². The summed E-state index contributed by atoms with van der Waals surface area (Å²) in [5, 5.41) is 8.67. The molecule has 0 N–H and O–H groups in total. The van der Waals surface area contributed by atoms with Crippen LogP contribution >= 0.6 is 11.3 Å². The van der Waals surface area contributed by atoms with E-state index in [9.17, 15) is 0 Å². The van der Waals surface area contributed by atoms with E-state index in [-0.39, 0.29) is 0 Å². The van der Waals surface area contributed by atoms with Crippen molar-refractivity contribution in [2.24, 2.45) is 0 Å². The number of fused-ring (bicyclic) bond motifs is 11. The molecule has 0 spiro atoms. The maximum atomic E-state index is 6.23. The summed E-state index contributed by atoms with van der Waals surface area (Å²) in [6, 6.07) is 48.2. The molecule has 0 unspecified atom stereocenters. The number of furan rings is 1. The molecular formula is C38H22N2OS. The summed E-state index contributed by atoms with van der Waals surface area (Å²) in [6.07, 6.45) is 0. The molecule has 4 heterocycles. The minimum absolute atomic E-state index is 0.945. The summed E-state index contributed by atoms with van der Waals surface area (Å²) < 4.78 is 12.3. The molecule has 4 aromatic heterocycles. The number of aromatic nitrogens is 2. The van der Waals surface area contributed by atoms with Gasteiger partial charge in [-0.05, 0) is 60.7 Å². The second-order valence-corrected chi connectivity index (χ2v) is 12.0. The Balaban J connectivity index is 1.26. The molecule has 10 aromatic rings. The number of benzene rings is 6. The fourth-order valence-electron chi connectivity index (χ4n) is 6.97. The molecule has 0 radical (unpaired) electrons. The quantitative estimate of drug-likeness (QED) is 0.208. The Morgan fingerprint density at radius 1 is 0.429 bits per heavy atom. The Bertz CT molecular complexity index is 2640. The predicted octanol–water partition coefficient (Wildman–Crippen LogP) is 11.0. The Morgan fingerprint density at radius 2 is 0.929 bits per heavy atom. The molecule has 0 saturated carbocycles. The molecule has 0 fully saturated rings. The van der Waals surface area contributed by atoms with Gasteiger partial charge in [0, 0.05) is 53.8 Å². The van der Waals surface area contributed by atoms with Crippen molar-refractivity contribution in [3.05, 3.63) is 133 Å². The molecule has 0 atom stereocenters. The average molecular weight is 555 g/mol. The number of rotatable bonds is 2. The van der Waals surface area contributed by atoms with E-state index in [0.717, 1.165) is 16.2 Å². The van der Waals surface area contributed by atoms with Crippen molar-refractivity contribution < 1.29 is 4.42 Å². The van der Waals surface area contributed by atoms with Crippen LogP contribution in [0.1, 0.15) is 0 Å². The SMILES string of the molecule is c1ccc2c(c1)oc1sc3ccc(-n4c5ccccc5c5cc(-n6c7ccccc7c7ccccc76)ccc54)cc3c12. The van der Waals surface area contributed by atoms with Gasteiger partial charge in [-0.2, -0.15) is 0 Å². The predicted molar refractivity (Wildman–Crippen MR) is 178 cm³/mol. The minimum atomic E-state index is 0.945. The van der Waals surface area contributed by atoms with Gasteiger partial charge in [0.2, 0.25) is 0 Å². The van der Waals surface area contributed by atoms with Crippen molar-refractivity contribution in [2.75, 3.05) is 0 Å². The fraction of sp³-hybridized carbons (Fsp3) is 0. The zero-order valence-corrected chi connectivity index (χ0v) is 23.2. The highest BCUT2D eigenvalue weighted by Crippen LogP contribution is 2.43. The summed E-state index contributed by atoms with van der Waals surface area (Å²) in [6.45, 7) is 0. The number of para-hydroxylation sites is 4. The van der Waals surface area contributed by atoms with Gasteiger partial charge in [-0.15, -0.1) is 0 Å². The number of thiophene rings is 1. The van der Waals surface area contributed by atoms with Crippen molar-refractivity contribution in [3.63, 3.8) is 0 Å². The maximum absolute atomic E-state index is 6.23. The molecule has 42 heavy (non-hydrogen) atoms. The summed E-state index contributed by atoms with van der Waals surface area (Å²) in [7, 11) is 0. The zero-order valence-electron chi connectivity index (χ0n) is 22.4. The summed E-state index contributed by atoms with van der Waals surface area (Å²) in [5.74, 6) is 0. The van der Waals surface area contributed by atoms with Gasteiger partial charge in [-0.25, -0.2) is 0 Å². The zero-order chi connectivity index (χ0) is 27.4. The van der Waals surface area contributed by atoms with Crippen molar-refractivity contribution in [1.82, 2.24) is 9.13 Å². The third-order valence-electron chi connectivity index (χ3n) is 8.75. The third-order valence-corrected chi connectivity index (χ3v) is 9.80. The van der Waals surface area contributed by atoms with Gasteiger partial charge in [0.25, 0.3) is 0 Å². The lowest BCUT2D eigenvalue weighted by Gasteiger charge is -2.10. The van der Waals surface area contributed by atoms with Crippen LogP contribution in [0, 0.1) is 0 Å². The molecule has 0 aliphatic heterocycles. The van der Waals surface area contributed by atoms with E-state index in [1.54, 1.807) is 11.3 Å². The molecule has 0 bridgehead atoms. The van der Waals surface area contributed by atoms with Gasteiger partial charge in [0.1, 0.15) is 5.58 Å². The Kier molecular flexibility index (Phi) is 4.33. The number of hydrogen-bond acceptors (Lipinski definition) is 2. The minimum Gasteiger partial charge on any atom is -0.445 e. The second kappa shape index (κ2) is 8.12. The smallest absolute Gasteiger partial charge is 0.190 e. The highest BCUT2D eigenvalue weighted by molar-refractivity contribution is 7.25. The fourth-order valence-corrected chi connectivity index (χ4v) is 8.03. The molecule has 6 aromatic carbocycles. The topological polar surface area (TPSA) is 23.0 Å². The van der Waals surface area contributed by atoms with Crippen LogP contribution in [-0.2, 0) is 0 Å². The normalized spacial score (nSPS) is 12.3. The first-order chi connectivity index (χ1) is 20.8. The molecule has 0 aliphatic carbocycles. The molecule has 0 aliphatic rings. The van der Waals surface area contributed by atoms with E-state index in [0.29, 0.717) is 0 Å². The molecule has 0 amide bonds. The first kappa shape index (κ1) is 22.4.